The van der Waals surface area contributed by atoms with Gasteiger partial charge in [-0.1, -0.05) is 48.5 Å². The lowest BCUT2D eigenvalue weighted by Crippen LogP contribution is -2.62. The molecule has 0 saturated carbocycles. The van der Waals surface area contributed by atoms with Crippen molar-refractivity contribution in [1.82, 2.24) is 19.6 Å². The molecule has 4 aliphatic rings. The van der Waals surface area contributed by atoms with Gasteiger partial charge in [-0.3, -0.25) is 19.6 Å². The van der Waals surface area contributed by atoms with Gasteiger partial charge in [-0.05, 0) is 96.5 Å². The summed E-state index contributed by atoms with van der Waals surface area (Å²) in [6.07, 6.45) is 0. The molecule has 0 unspecified atom stereocenters. The second-order valence-electron chi connectivity index (χ2n) is 13.1. The number of benzene rings is 4. The number of hydrogen-bond acceptors (Lipinski definition) is 4. The van der Waals surface area contributed by atoms with Crippen LogP contribution in [0.15, 0.2) is 72.8 Å². The van der Waals surface area contributed by atoms with Crippen molar-refractivity contribution >= 4 is 12.1 Å². The van der Waals surface area contributed by atoms with Gasteiger partial charge in [-0.2, -0.15) is 0 Å². The predicted molar refractivity (Wildman–Crippen MR) is 174 cm³/mol. The smallest absolute Gasteiger partial charge is 0.325 e. The SMILES string of the molecule is COc1ccc(C23N4Cc5cc(C)c(C)cc5CN2C(=O)N2Cc5cc(C)c(C)cc5CN(C4=O)C23c2ccc(OC)cc2)cc1. The van der Waals surface area contributed by atoms with E-state index < -0.39 is 11.3 Å². The predicted octanol–water partition coefficient (Wildman–Crippen LogP) is 6.85. The van der Waals surface area contributed by atoms with Gasteiger partial charge < -0.3 is 9.47 Å². The Labute approximate surface area is 269 Å². The van der Waals surface area contributed by atoms with Crippen molar-refractivity contribution in [2.75, 3.05) is 14.2 Å². The van der Waals surface area contributed by atoms with Crippen LogP contribution in [0.3, 0.4) is 0 Å². The summed E-state index contributed by atoms with van der Waals surface area (Å²) in [7, 11) is 3.29. The van der Waals surface area contributed by atoms with Crippen LogP contribution in [0.1, 0.15) is 55.6 Å². The molecule has 4 amide bonds. The zero-order chi connectivity index (χ0) is 32.1. The number of aryl methyl sites for hydroxylation is 4. The normalized spacial score (nSPS) is 22.7. The molecule has 2 fully saturated rings. The van der Waals surface area contributed by atoms with Crippen molar-refractivity contribution in [3.05, 3.63) is 128 Å². The van der Waals surface area contributed by atoms with E-state index in [0.717, 1.165) is 55.6 Å². The lowest BCUT2D eigenvalue weighted by Gasteiger charge is -2.49. The molecular formula is C38H38N4O4. The van der Waals surface area contributed by atoms with Crippen molar-refractivity contribution in [3.63, 3.8) is 0 Å². The number of fused-ring (bicyclic) bond motifs is 2. The van der Waals surface area contributed by atoms with Crippen LogP contribution in [-0.4, -0.2) is 45.9 Å². The summed E-state index contributed by atoms with van der Waals surface area (Å²) in [4.78, 5) is 38.5. The average molecular weight is 615 g/mol. The van der Waals surface area contributed by atoms with Gasteiger partial charge in [0.2, 0.25) is 0 Å². The fourth-order valence-corrected chi connectivity index (χ4v) is 8.43. The third kappa shape index (κ3) is 3.44. The van der Waals surface area contributed by atoms with Crippen LogP contribution in [0.5, 0.6) is 11.5 Å². The third-order valence-electron chi connectivity index (χ3n) is 10.9. The first-order chi connectivity index (χ1) is 22.1. The van der Waals surface area contributed by atoms with E-state index in [9.17, 15) is 0 Å². The molecule has 0 N–H and O–H groups in total. The molecule has 0 aliphatic carbocycles. The minimum atomic E-state index is -1.20. The quantitative estimate of drug-likeness (QED) is 0.252. The van der Waals surface area contributed by atoms with E-state index >= 15 is 9.59 Å². The van der Waals surface area contributed by atoms with Gasteiger partial charge >= 0.3 is 12.1 Å². The summed E-state index contributed by atoms with van der Waals surface area (Å²) in [5, 5.41) is 0. The molecule has 0 radical (unpaired) electrons. The number of carbonyl (C=O) groups is 2. The first kappa shape index (κ1) is 28.5. The molecule has 8 nitrogen and oxygen atoms in total. The Hall–Kier alpha value is -4.98. The summed E-state index contributed by atoms with van der Waals surface area (Å²) >= 11 is 0. The average Bonchev–Trinajstić information content (AvgIpc) is 3.22. The summed E-state index contributed by atoms with van der Waals surface area (Å²) in [6, 6.07) is 24.4. The first-order valence-corrected chi connectivity index (χ1v) is 15.8. The van der Waals surface area contributed by atoms with Crippen molar-refractivity contribution in [2.24, 2.45) is 0 Å². The molecule has 8 heteroatoms. The fourth-order valence-electron chi connectivity index (χ4n) is 8.43. The highest BCUT2D eigenvalue weighted by Crippen LogP contribution is 2.65. The Balaban J connectivity index is 1.50. The van der Waals surface area contributed by atoms with Crippen LogP contribution >= 0.6 is 0 Å². The van der Waals surface area contributed by atoms with E-state index in [1.54, 1.807) is 14.2 Å². The minimum Gasteiger partial charge on any atom is -0.497 e. The van der Waals surface area contributed by atoms with Crippen LogP contribution in [0.4, 0.5) is 9.59 Å². The maximum atomic E-state index is 15.3. The van der Waals surface area contributed by atoms with Crippen LogP contribution in [0.25, 0.3) is 0 Å². The number of urea groups is 2. The summed E-state index contributed by atoms with van der Waals surface area (Å²) < 4.78 is 11.2. The van der Waals surface area contributed by atoms with Gasteiger partial charge in [0.05, 0.1) is 40.4 Å². The van der Waals surface area contributed by atoms with E-state index in [2.05, 4.69) is 52.0 Å². The first-order valence-electron chi connectivity index (χ1n) is 15.8. The Morgan fingerprint density at radius 2 is 0.739 bits per heavy atom. The minimum absolute atomic E-state index is 0.105. The van der Waals surface area contributed by atoms with Gasteiger partial charge in [-0.25, -0.2) is 9.59 Å². The molecule has 4 aliphatic heterocycles. The second-order valence-corrected chi connectivity index (χ2v) is 13.1. The number of carbonyl (C=O) groups excluding carboxylic acids is 2. The topological polar surface area (TPSA) is 65.6 Å². The van der Waals surface area contributed by atoms with E-state index in [1.807, 2.05) is 68.1 Å². The van der Waals surface area contributed by atoms with Crippen molar-refractivity contribution in [3.8, 4) is 11.5 Å². The summed E-state index contributed by atoms with van der Waals surface area (Å²) in [5.74, 6) is 1.42. The molecule has 4 aromatic carbocycles. The maximum absolute atomic E-state index is 15.3. The number of ether oxygens (including phenoxy) is 2. The summed E-state index contributed by atoms with van der Waals surface area (Å²) in [5.41, 5.74) is 8.22. The van der Waals surface area contributed by atoms with Gasteiger partial charge in [0.15, 0.2) is 11.3 Å². The van der Waals surface area contributed by atoms with Crippen LogP contribution in [0.2, 0.25) is 0 Å². The number of hydrogen-bond donors (Lipinski definition) is 0. The van der Waals surface area contributed by atoms with Crippen LogP contribution in [-0.2, 0) is 37.5 Å². The van der Waals surface area contributed by atoms with E-state index in [0.29, 0.717) is 37.7 Å². The van der Waals surface area contributed by atoms with E-state index in [1.165, 1.54) is 0 Å². The zero-order valence-electron chi connectivity index (χ0n) is 27.2. The monoisotopic (exact) mass is 614 g/mol. The fraction of sp³-hybridized carbons (Fsp3) is 0.316. The molecule has 46 heavy (non-hydrogen) atoms. The third-order valence-corrected chi connectivity index (χ3v) is 10.9. The van der Waals surface area contributed by atoms with Crippen LogP contribution in [0, 0.1) is 27.7 Å². The highest BCUT2D eigenvalue weighted by molar-refractivity contribution is 5.90. The second kappa shape index (κ2) is 9.76. The molecule has 0 aromatic heterocycles. The molecule has 4 heterocycles. The van der Waals surface area contributed by atoms with Crippen molar-refractivity contribution in [2.45, 2.75) is 65.2 Å². The largest absolute Gasteiger partial charge is 0.497 e. The Morgan fingerprint density at radius 1 is 0.478 bits per heavy atom. The number of nitrogens with zero attached hydrogens (tertiary/aromatic N) is 4. The van der Waals surface area contributed by atoms with E-state index in [-0.39, 0.29) is 12.1 Å². The molecule has 234 valence electrons. The molecule has 0 bridgehead atoms. The van der Waals surface area contributed by atoms with Crippen molar-refractivity contribution in [1.29, 1.82) is 0 Å². The number of rotatable bonds is 4. The van der Waals surface area contributed by atoms with Gasteiger partial charge in [0, 0.05) is 11.1 Å². The molecular weight excluding hydrogens is 576 g/mol. The van der Waals surface area contributed by atoms with Gasteiger partial charge in [0.1, 0.15) is 11.5 Å². The standard InChI is InChI=1S/C38H38N4O4/c1-23-15-27-19-39-35(43)41-21-29-17-25(3)26(4)18-30(29)22-42-36(44)40(20-28(27)16-24(23)2)37(39,31-7-11-33(45-5)12-8-31)38(41,42)32-9-13-34(46-6)14-10-32/h7-18H,19-22H2,1-6H3. The molecule has 0 spiro atoms. The van der Waals surface area contributed by atoms with Crippen LogP contribution < -0.4 is 9.47 Å². The Kier molecular flexibility index (Phi) is 6.04. The van der Waals surface area contributed by atoms with E-state index in [4.69, 9.17) is 9.47 Å². The lowest BCUT2D eigenvalue weighted by molar-refractivity contribution is -0.0793. The molecule has 2 saturated heterocycles. The molecule has 0 atom stereocenters. The molecule has 8 rings (SSSR count). The Bertz CT molecular complexity index is 1710. The Morgan fingerprint density at radius 3 is 0.978 bits per heavy atom. The van der Waals surface area contributed by atoms with Gasteiger partial charge in [-0.15, -0.1) is 0 Å². The zero-order valence-corrected chi connectivity index (χ0v) is 27.2. The maximum Gasteiger partial charge on any atom is 0.325 e. The highest BCUT2D eigenvalue weighted by Gasteiger charge is 2.80. The number of amides is 4. The van der Waals surface area contributed by atoms with Crippen molar-refractivity contribution < 1.29 is 19.1 Å². The molecule has 4 aromatic rings. The van der Waals surface area contributed by atoms with Gasteiger partial charge in [0.25, 0.3) is 0 Å². The number of methoxy groups -OCH3 is 2. The summed E-state index contributed by atoms with van der Waals surface area (Å²) in [6.45, 7) is 9.89. The lowest BCUT2D eigenvalue weighted by atomic mass is 9.79. The highest BCUT2D eigenvalue weighted by atomic mass is 16.5.